The van der Waals surface area contributed by atoms with Crippen molar-refractivity contribution >= 4 is 0 Å². The molecule has 1 aromatic carbocycles. The Morgan fingerprint density at radius 2 is 1.80 bits per heavy atom. The van der Waals surface area contributed by atoms with E-state index in [0.717, 1.165) is 39.4 Å². The molecule has 110 valence electrons. The molecule has 2 aliphatic heterocycles. The quantitative estimate of drug-likeness (QED) is 0.895. The van der Waals surface area contributed by atoms with Gasteiger partial charge in [-0.1, -0.05) is 23.8 Å². The van der Waals surface area contributed by atoms with Gasteiger partial charge in [-0.25, -0.2) is 0 Å². The lowest BCUT2D eigenvalue weighted by Gasteiger charge is -2.49. The van der Waals surface area contributed by atoms with Gasteiger partial charge in [0, 0.05) is 18.6 Å². The lowest BCUT2D eigenvalue weighted by Crippen LogP contribution is -2.56. The van der Waals surface area contributed by atoms with Gasteiger partial charge < -0.3 is 10.1 Å². The molecule has 3 rings (SSSR count). The van der Waals surface area contributed by atoms with Crippen LogP contribution in [0, 0.1) is 13.8 Å². The highest BCUT2D eigenvalue weighted by Crippen LogP contribution is 2.39. The van der Waals surface area contributed by atoms with E-state index in [2.05, 4.69) is 42.3 Å². The third kappa shape index (κ3) is 2.50. The van der Waals surface area contributed by atoms with E-state index >= 15 is 0 Å². The van der Waals surface area contributed by atoms with Gasteiger partial charge in [-0.05, 0) is 50.9 Å². The van der Waals surface area contributed by atoms with E-state index < -0.39 is 0 Å². The molecule has 0 spiro atoms. The molecular formula is C17H26N2O. The fourth-order valence-electron chi connectivity index (χ4n) is 3.82. The number of ether oxygens (including phenoxy) is 1. The fraction of sp³-hybridized carbons (Fsp3) is 0.647. The second kappa shape index (κ2) is 5.84. The third-order valence-corrected chi connectivity index (χ3v) is 4.94. The van der Waals surface area contributed by atoms with Crippen LogP contribution in [0.4, 0.5) is 0 Å². The van der Waals surface area contributed by atoms with Crippen molar-refractivity contribution in [3.05, 3.63) is 34.9 Å². The van der Waals surface area contributed by atoms with Crippen molar-refractivity contribution in [2.75, 3.05) is 39.4 Å². The van der Waals surface area contributed by atoms with Crippen LogP contribution in [0.2, 0.25) is 0 Å². The van der Waals surface area contributed by atoms with Gasteiger partial charge in [0.25, 0.3) is 0 Å². The van der Waals surface area contributed by atoms with E-state index in [1.54, 1.807) is 5.56 Å². The van der Waals surface area contributed by atoms with Gasteiger partial charge in [-0.15, -0.1) is 0 Å². The van der Waals surface area contributed by atoms with Crippen molar-refractivity contribution < 1.29 is 4.74 Å². The topological polar surface area (TPSA) is 24.5 Å². The molecule has 0 saturated carbocycles. The average molecular weight is 274 g/mol. The van der Waals surface area contributed by atoms with Crippen LogP contribution in [0.25, 0.3) is 0 Å². The summed E-state index contributed by atoms with van der Waals surface area (Å²) in [4.78, 5) is 2.68. The maximum Gasteiger partial charge on any atom is 0.0594 e. The van der Waals surface area contributed by atoms with Gasteiger partial charge >= 0.3 is 0 Å². The van der Waals surface area contributed by atoms with Crippen molar-refractivity contribution in [2.24, 2.45) is 0 Å². The van der Waals surface area contributed by atoms with Crippen LogP contribution in [0.3, 0.4) is 0 Å². The maximum atomic E-state index is 5.57. The van der Waals surface area contributed by atoms with Gasteiger partial charge in [-0.2, -0.15) is 0 Å². The fourth-order valence-corrected chi connectivity index (χ4v) is 3.82. The molecule has 2 heterocycles. The number of hydrogen-bond acceptors (Lipinski definition) is 3. The summed E-state index contributed by atoms with van der Waals surface area (Å²) in [6.45, 7) is 10.6. The Morgan fingerprint density at radius 1 is 1.10 bits per heavy atom. The van der Waals surface area contributed by atoms with Crippen molar-refractivity contribution in [1.82, 2.24) is 10.2 Å². The number of rotatable bonds is 2. The van der Waals surface area contributed by atoms with Crippen LogP contribution in [0.5, 0.6) is 0 Å². The molecule has 3 heteroatoms. The summed E-state index contributed by atoms with van der Waals surface area (Å²) in [5, 5.41) is 3.52. The highest BCUT2D eigenvalue weighted by molar-refractivity contribution is 5.37. The van der Waals surface area contributed by atoms with Gasteiger partial charge in [-0.3, -0.25) is 4.90 Å². The van der Waals surface area contributed by atoms with Crippen molar-refractivity contribution in [3.8, 4) is 0 Å². The molecule has 20 heavy (non-hydrogen) atoms. The lowest BCUT2D eigenvalue weighted by atomic mass is 9.77. The smallest absolute Gasteiger partial charge is 0.0594 e. The number of piperidine rings is 1. The van der Waals surface area contributed by atoms with Crippen molar-refractivity contribution in [3.63, 3.8) is 0 Å². The van der Waals surface area contributed by atoms with E-state index in [1.165, 1.54) is 24.0 Å². The van der Waals surface area contributed by atoms with Crippen LogP contribution in [-0.2, 0) is 10.3 Å². The van der Waals surface area contributed by atoms with Crippen LogP contribution in [0.1, 0.15) is 29.5 Å². The minimum Gasteiger partial charge on any atom is -0.379 e. The van der Waals surface area contributed by atoms with Gasteiger partial charge in [0.05, 0.1) is 13.2 Å². The molecule has 0 atom stereocenters. The van der Waals surface area contributed by atoms with E-state index in [9.17, 15) is 0 Å². The molecule has 2 saturated heterocycles. The number of aryl methyl sites for hydroxylation is 2. The van der Waals surface area contributed by atoms with Crippen molar-refractivity contribution in [1.29, 1.82) is 0 Å². The minimum atomic E-state index is 0.213. The highest BCUT2D eigenvalue weighted by Gasteiger charge is 2.40. The zero-order chi connectivity index (χ0) is 14.0. The first-order valence-electron chi connectivity index (χ1n) is 7.84. The van der Waals surface area contributed by atoms with Crippen LogP contribution in [0.15, 0.2) is 18.2 Å². The second-order valence-corrected chi connectivity index (χ2v) is 6.20. The van der Waals surface area contributed by atoms with E-state index in [4.69, 9.17) is 4.74 Å². The van der Waals surface area contributed by atoms with Gasteiger partial charge in [0.1, 0.15) is 0 Å². The summed E-state index contributed by atoms with van der Waals surface area (Å²) in [5.41, 5.74) is 4.56. The number of nitrogens with one attached hydrogen (secondary N) is 1. The van der Waals surface area contributed by atoms with E-state index in [0.29, 0.717) is 0 Å². The van der Waals surface area contributed by atoms with Gasteiger partial charge in [0.2, 0.25) is 0 Å². The average Bonchev–Trinajstić information content (AvgIpc) is 2.51. The maximum absolute atomic E-state index is 5.57. The summed E-state index contributed by atoms with van der Waals surface area (Å²) < 4.78 is 5.57. The summed E-state index contributed by atoms with van der Waals surface area (Å²) in [6.07, 6.45) is 2.41. The SMILES string of the molecule is Cc1ccc(C)c(C2(N3CCOCC3)CCNCC2)c1. The molecule has 0 aromatic heterocycles. The second-order valence-electron chi connectivity index (χ2n) is 6.20. The number of nitrogens with zero attached hydrogens (tertiary/aromatic N) is 1. The summed E-state index contributed by atoms with van der Waals surface area (Å²) in [6, 6.07) is 6.93. The first-order chi connectivity index (χ1) is 9.72. The molecule has 0 amide bonds. The molecule has 1 aromatic rings. The number of benzene rings is 1. The molecule has 3 nitrogen and oxygen atoms in total. The Morgan fingerprint density at radius 3 is 2.50 bits per heavy atom. The Labute approximate surface area is 122 Å². The number of morpholine rings is 1. The molecule has 2 aliphatic rings. The van der Waals surface area contributed by atoms with E-state index in [-0.39, 0.29) is 5.54 Å². The van der Waals surface area contributed by atoms with E-state index in [1.807, 2.05) is 0 Å². The van der Waals surface area contributed by atoms with Crippen molar-refractivity contribution in [2.45, 2.75) is 32.2 Å². The molecule has 0 radical (unpaired) electrons. The lowest BCUT2D eigenvalue weighted by molar-refractivity contribution is -0.0378. The zero-order valence-corrected chi connectivity index (χ0v) is 12.7. The van der Waals surface area contributed by atoms with Crippen LogP contribution >= 0.6 is 0 Å². The zero-order valence-electron chi connectivity index (χ0n) is 12.7. The normalized spacial score (nSPS) is 23.7. The predicted octanol–water partition coefficient (Wildman–Crippen LogP) is 2.21. The summed E-state index contributed by atoms with van der Waals surface area (Å²) >= 11 is 0. The Balaban J connectivity index is 2.02. The molecule has 1 N–H and O–H groups in total. The molecular weight excluding hydrogens is 248 g/mol. The molecule has 2 fully saturated rings. The number of hydrogen-bond donors (Lipinski definition) is 1. The summed E-state index contributed by atoms with van der Waals surface area (Å²) in [5.74, 6) is 0. The van der Waals surface area contributed by atoms with Crippen LogP contribution in [-0.4, -0.2) is 44.3 Å². The standard InChI is InChI=1S/C17H26N2O/c1-14-3-4-15(2)16(13-14)17(5-7-18-8-6-17)19-9-11-20-12-10-19/h3-4,13,18H,5-12H2,1-2H3. The Kier molecular flexibility index (Phi) is 4.11. The third-order valence-electron chi connectivity index (χ3n) is 4.94. The molecule has 0 aliphatic carbocycles. The largest absolute Gasteiger partial charge is 0.379 e. The molecule has 0 bridgehead atoms. The summed E-state index contributed by atoms with van der Waals surface area (Å²) in [7, 11) is 0. The first kappa shape index (κ1) is 14.1. The Bertz CT molecular complexity index is 460. The highest BCUT2D eigenvalue weighted by atomic mass is 16.5. The van der Waals surface area contributed by atoms with Crippen LogP contribution < -0.4 is 5.32 Å². The minimum absolute atomic E-state index is 0.213. The first-order valence-corrected chi connectivity index (χ1v) is 7.84. The van der Waals surface area contributed by atoms with Gasteiger partial charge in [0.15, 0.2) is 0 Å². The monoisotopic (exact) mass is 274 g/mol. The predicted molar refractivity (Wildman–Crippen MR) is 82.1 cm³/mol. The Hall–Kier alpha value is -0.900. The molecule has 0 unspecified atom stereocenters.